The lowest BCUT2D eigenvalue weighted by molar-refractivity contribution is -0.141. The average Bonchev–Trinajstić information content (AvgIpc) is 3.00. The Hall–Kier alpha value is -2.58. The molecule has 0 fully saturated rings. The van der Waals surface area contributed by atoms with Crippen molar-refractivity contribution in [3.05, 3.63) is 59.7 Å². The summed E-state index contributed by atoms with van der Waals surface area (Å²) >= 11 is 0. The van der Waals surface area contributed by atoms with Crippen LogP contribution < -0.4 is 5.14 Å². The zero-order valence-electron chi connectivity index (χ0n) is 13.0. The number of carboxylic acid groups (broad SMARTS) is 1. The van der Waals surface area contributed by atoms with Crippen LogP contribution in [0.3, 0.4) is 0 Å². The van der Waals surface area contributed by atoms with Crippen LogP contribution in [-0.4, -0.2) is 24.5 Å². The van der Waals surface area contributed by atoms with Crippen LogP contribution in [0.4, 0.5) is 4.39 Å². The van der Waals surface area contributed by atoms with Crippen LogP contribution >= 0.6 is 0 Å². The summed E-state index contributed by atoms with van der Waals surface area (Å²) in [6.07, 6.45) is 1.65. The number of pyridine rings is 1. The van der Waals surface area contributed by atoms with E-state index >= 15 is 0 Å². The van der Waals surface area contributed by atoms with Crippen molar-refractivity contribution in [3.8, 4) is 0 Å². The largest absolute Gasteiger partial charge is 0.481 e. The molecule has 1 aromatic heterocycles. The smallest absolute Gasteiger partial charge is 0.307 e. The molecule has 3 N–H and O–H groups in total. The molecule has 6 nitrogen and oxygen atoms in total. The monoisotopic (exact) mass is 362 g/mol. The van der Waals surface area contributed by atoms with Gasteiger partial charge in [0, 0.05) is 0 Å². The minimum Gasteiger partial charge on any atom is -0.481 e. The first-order chi connectivity index (χ1) is 11.8. The Morgan fingerprint density at radius 1 is 1.12 bits per heavy atom. The third kappa shape index (κ3) is 3.59. The van der Waals surface area contributed by atoms with Gasteiger partial charge in [0.2, 0.25) is 10.0 Å². The standard InChI is InChI=1S/C17H15FN2O4S/c18-12-3-6-16(20-9-12)15-8-11(17(21)22)7-14(15)10-1-4-13(5-2-10)25(19,23)24/h1-6,9,11H,7-8H2,(H,21,22)(H2,19,23,24). The number of sulfonamides is 1. The molecule has 0 saturated heterocycles. The normalized spacial score (nSPS) is 17.8. The number of hydrogen-bond donors (Lipinski definition) is 2. The van der Waals surface area contributed by atoms with Crippen molar-refractivity contribution < 1.29 is 22.7 Å². The Morgan fingerprint density at radius 3 is 2.28 bits per heavy atom. The molecule has 1 aliphatic rings. The van der Waals surface area contributed by atoms with Crippen molar-refractivity contribution in [2.45, 2.75) is 17.7 Å². The maximum absolute atomic E-state index is 13.1. The van der Waals surface area contributed by atoms with Crippen molar-refractivity contribution in [1.29, 1.82) is 0 Å². The number of benzene rings is 1. The van der Waals surface area contributed by atoms with Crippen molar-refractivity contribution in [2.24, 2.45) is 11.1 Å². The number of hydrogen-bond acceptors (Lipinski definition) is 4. The number of nitrogens with two attached hydrogens (primary N) is 1. The first-order valence-corrected chi connectivity index (χ1v) is 9.00. The van der Waals surface area contributed by atoms with Crippen molar-refractivity contribution >= 4 is 27.1 Å². The van der Waals surface area contributed by atoms with Gasteiger partial charge in [-0.05, 0) is 53.8 Å². The number of aliphatic carboxylic acids is 1. The molecule has 0 radical (unpaired) electrons. The first-order valence-electron chi connectivity index (χ1n) is 7.45. The van der Waals surface area contributed by atoms with Gasteiger partial charge in [0.1, 0.15) is 5.82 Å². The molecule has 2 aromatic rings. The van der Waals surface area contributed by atoms with Gasteiger partial charge in [-0.3, -0.25) is 9.78 Å². The van der Waals surface area contributed by atoms with Crippen molar-refractivity contribution in [3.63, 3.8) is 0 Å². The fraction of sp³-hybridized carbons (Fsp3) is 0.176. The number of rotatable bonds is 4. The molecule has 25 heavy (non-hydrogen) atoms. The van der Waals surface area contributed by atoms with E-state index in [1.807, 2.05) is 0 Å². The lowest BCUT2D eigenvalue weighted by Gasteiger charge is -2.08. The maximum Gasteiger partial charge on any atom is 0.307 e. The highest BCUT2D eigenvalue weighted by Gasteiger charge is 2.31. The maximum atomic E-state index is 13.1. The Kier molecular flexibility index (Phi) is 4.40. The lowest BCUT2D eigenvalue weighted by atomic mass is 9.99. The molecule has 1 heterocycles. The number of nitrogens with zero attached hydrogens (tertiary/aromatic N) is 1. The molecule has 0 amide bonds. The topological polar surface area (TPSA) is 110 Å². The van der Waals surface area contributed by atoms with E-state index in [1.54, 1.807) is 12.1 Å². The number of halogens is 1. The average molecular weight is 362 g/mol. The minimum atomic E-state index is -3.80. The summed E-state index contributed by atoms with van der Waals surface area (Å²) in [6, 6.07) is 8.70. The molecule has 3 rings (SSSR count). The van der Waals surface area contributed by atoms with E-state index < -0.39 is 27.7 Å². The Morgan fingerprint density at radius 2 is 1.76 bits per heavy atom. The van der Waals surface area contributed by atoms with Crippen LogP contribution in [0.2, 0.25) is 0 Å². The summed E-state index contributed by atoms with van der Waals surface area (Å²) in [6.45, 7) is 0. The van der Waals surface area contributed by atoms with E-state index in [1.165, 1.54) is 24.3 Å². The highest BCUT2D eigenvalue weighted by molar-refractivity contribution is 7.89. The van der Waals surface area contributed by atoms with Crippen LogP contribution in [0.25, 0.3) is 11.1 Å². The number of carbonyl (C=O) groups is 1. The molecule has 130 valence electrons. The Balaban J connectivity index is 2.06. The van der Waals surface area contributed by atoms with Gasteiger partial charge >= 0.3 is 5.97 Å². The summed E-state index contributed by atoms with van der Waals surface area (Å²) in [4.78, 5) is 15.4. The molecule has 1 unspecified atom stereocenters. The third-order valence-electron chi connectivity index (χ3n) is 4.18. The molecule has 0 aliphatic heterocycles. The summed E-state index contributed by atoms with van der Waals surface area (Å²) in [5.41, 5.74) is 2.68. The molecular weight excluding hydrogens is 347 g/mol. The van der Waals surface area contributed by atoms with Crippen LogP contribution in [-0.2, 0) is 14.8 Å². The second-order valence-electron chi connectivity index (χ2n) is 5.83. The van der Waals surface area contributed by atoms with E-state index in [4.69, 9.17) is 5.14 Å². The number of carboxylic acids is 1. The van der Waals surface area contributed by atoms with E-state index in [9.17, 15) is 22.7 Å². The quantitative estimate of drug-likeness (QED) is 0.867. The SMILES string of the molecule is NS(=O)(=O)c1ccc(C2=C(c3ccc(F)cn3)CC(C(=O)O)C2)cc1. The second-order valence-corrected chi connectivity index (χ2v) is 7.39. The van der Waals surface area contributed by atoms with Crippen LogP contribution in [0, 0.1) is 11.7 Å². The van der Waals surface area contributed by atoms with Gasteiger partial charge in [-0.25, -0.2) is 17.9 Å². The van der Waals surface area contributed by atoms with E-state index in [0.29, 0.717) is 17.7 Å². The highest BCUT2D eigenvalue weighted by Crippen LogP contribution is 2.42. The molecule has 8 heteroatoms. The predicted molar refractivity (Wildman–Crippen MR) is 89.2 cm³/mol. The first kappa shape index (κ1) is 17.2. The van der Waals surface area contributed by atoms with Crippen LogP contribution in [0.1, 0.15) is 24.1 Å². The predicted octanol–water partition coefficient (Wildman–Crippen LogP) is 2.27. The van der Waals surface area contributed by atoms with Gasteiger partial charge in [-0.2, -0.15) is 0 Å². The molecule has 0 saturated carbocycles. The van der Waals surface area contributed by atoms with Gasteiger partial charge < -0.3 is 5.11 Å². The molecule has 1 aliphatic carbocycles. The van der Waals surface area contributed by atoms with E-state index in [2.05, 4.69) is 4.98 Å². The van der Waals surface area contributed by atoms with Crippen LogP contribution in [0.15, 0.2) is 47.5 Å². The molecule has 0 bridgehead atoms. The van der Waals surface area contributed by atoms with Gasteiger partial charge in [-0.15, -0.1) is 0 Å². The van der Waals surface area contributed by atoms with E-state index in [-0.39, 0.29) is 11.3 Å². The molecule has 0 spiro atoms. The zero-order chi connectivity index (χ0) is 18.2. The third-order valence-corrected chi connectivity index (χ3v) is 5.11. The number of allylic oxidation sites excluding steroid dienone is 2. The summed E-state index contributed by atoms with van der Waals surface area (Å²) in [5.74, 6) is -2.00. The second kappa shape index (κ2) is 6.38. The van der Waals surface area contributed by atoms with Gasteiger partial charge in [0.15, 0.2) is 0 Å². The summed E-state index contributed by atoms with van der Waals surface area (Å²) < 4.78 is 35.8. The fourth-order valence-electron chi connectivity index (χ4n) is 2.94. The Labute approximate surface area is 143 Å². The minimum absolute atomic E-state index is 0.0221. The summed E-state index contributed by atoms with van der Waals surface area (Å²) in [7, 11) is -3.80. The highest BCUT2D eigenvalue weighted by atomic mass is 32.2. The summed E-state index contributed by atoms with van der Waals surface area (Å²) in [5, 5.41) is 14.4. The van der Waals surface area contributed by atoms with Gasteiger partial charge in [0.25, 0.3) is 0 Å². The van der Waals surface area contributed by atoms with E-state index in [0.717, 1.165) is 17.3 Å². The molecular formula is C17H15FN2O4S. The zero-order valence-corrected chi connectivity index (χ0v) is 13.8. The lowest BCUT2D eigenvalue weighted by Crippen LogP contribution is -2.12. The Bertz CT molecular complexity index is 951. The fourth-order valence-corrected chi connectivity index (χ4v) is 3.45. The van der Waals surface area contributed by atoms with Crippen molar-refractivity contribution in [2.75, 3.05) is 0 Å². The number of primary sulfonamides is 1. The van der Waals surface area contributed by atoms with Gasteiger partial charge in [0.05, 0.1) is 22.7 Å². The molecule has 1 atom stereocenters. The van der Waals surface area contributed by atoms with Gasteiger partial charge in [-0.1, -0.05) is 12.1 Å². The van der Waals surface area contributed by atoms with Crippen LogP contribution in [0.5, 0.6) is 0 Å². The molecule has 1 aromatic carbocycles. The number of aromatic nitrogens is 1. The van der Waals surface area contributed by atoms with Crippen molar-refractivity contribution in [1.82, 2.24) is 4.98 Å².